The maximum Gasteiger partial charge on any atom is 0.222 e. The third-order valence-corrected chi connectivity index (χ3v) is 5.11. The Morgan fingerprint density at radius 3 is 2.86 bits per heavy atom. The van der Waals surface area contributed by atoms with Crippen LogP contribution in [0.4, 0.5) is 0 Å². The zero-order chi connectivity index (χ0) is 15.4. The van der Waals surface area contributed by atoms with Crippen molar-refractivity contribution in [2.45, 2.75) is 37.8 Å². The maximum absolute atomic E-state index is 12.5. The highest BCUT2D eigenvalue weighted by Gasteiger charge is 2.41. The van der Waals surface area contributed by atoms with Gasteiger partial charge in [-0.05, 0) is 32.4 Å². The Labute approximate surface area is 132 Å². The van der Waals surface area contributed by atoms with Gasteiger partial charge in [-0.15, -0.1) is 0 Å². The van der Waals surface area contributed by atoms with Gasteiger partial charge in [-0.3, -0.25) is 14.4 Å². The molecule has 0 saturated carbocycles. The smallest absolute Gasteiger partial charge is 0.222 e. The summed E-state index contributed by atoms with van der Waals surface area (Å²) in [7, 11) is 2.19. The Hall–Kier alpha value is -1.40. The van der Waals surface area contributed by atoms with E-state index in [1.165, 1.54) is 0 Å². The summed E-state index contributed by atoms with van der Waals surface area (Å²) in [5, 5.41) is 4.18. The lowest BCUT2D eigenvalue weighted by Crippen LogP contribution is -2.63. The lowest BCUT2D eigenvalue weighted by molar-refractivity contribution is -0.139. The summed E-state index contributed by atoms with van der Waals surface area (Å²) < 4.78 is 7.39. The van der Waals surface area contributed by atoms with Crippen LogP contribution in [0.3, 0.4) is 0 Å². The molecule has 3 rings (SSSR count). The van der Waals surface area contributed by atoms with Crippen LogP contribution in [0.15, 0.2) is 18.5 Å². The van der Waals surface area contributed by atoms with Crippen LogP contribution in [0, 0.1) is 0 Å². The van der Waals surface area contributed by atoms with Crippen LogP contribution in [0.1, 0.15) is 25.7 Å². The predicted molar refractivity (Wildman–Crippen MR) is 83.5 cm³/mol. The molecule has 0 aromatic carbocycles. The number of carbonyl (C=O) groups excluding carboxylic acids is 1. The van der Waals surface area contributed by atoms with E-state index in [-0.39, 0.29) is 11.4 Å². The highest BCUT2D eigenvalue weighted by atomic mass is 16.5. The number of piperazine rings is 1. The molecule has 0 radical (unpaired) electrons. The number of ether oxygens (including phenoxy) is 1. The van der Waals surface area contributed by atoms with Crippen molar-refractivity contribution >= 4 is 5.91 Å². The lowest BCUT2D eigenvalue weighted by Gasteiger charge is -2.51. The molecule has 6 nitrogen and oxygen atoms in total. The summed E-state index contributed by atoms with van der Waals surface area (Å²) >= 11 is 0. The van der Waals surface area contributed by atoms with Gasteiger partial charge in [0.1, 0.15) is 0 Å². The second kappa shape index (κ2) is 6.79. The van der Waals surface area contributed by atoms with Crippen molar-refractivity contribution in [2.24, 2.45) is 0 Å². The number of aryl methyl sites for hydroxylation is 1. The second-order valence-electron chi connectivity index (χ2n) is 6.45. The molecule has 2 aliphatic heterocycles. The fraction of sp³-hybridized carbons (Fsp3) is 0.750. The molecule has 122 valence electrons. The first-order valence-electron chi connectivity index (χ1n) is 8.24. The maximum atomic E-state index is 12.5. The molecule has 22 heavy (non-hydrogen) atoms. The summed E-state index contributed by atoms with van der Waals surface area (Å²) in [6, 6.07) is 1.91. The number of amides is 1. The molecule has 0 aliphatic carbocycles. The Bertz CT molecular complexity index is 482. The highest BCUT2D eigenvalue weighted by Crippen LogP contribution is 2.30. The minimum Gasteiger partial charge on any atom is -0.381 e. The molecule has 1 aromatic heterocycles. The van der Waals surface area contributed by atoms with E-state index in [0.717, 1.165) is 58.7 Å². The fourth-order valence-electron chi connectivity index (χ4n) is 3.55. The highest BCUT2D eigenvalue weighted by molar-refractivity contribution is 5.76. The lowest BCUT2D eigenvalue weighted by atomic mass is 9.86. The first-order chi connectivity index (χ1) is 10.7. The minimum atomic E-state index is 0.133. The molecular weight excluding hydrogens is 280 g/mol. The summed E-state index contributed by atoms with van der Waals surface area (Å²) in [6.07, 6.45) is 7.23. The van der Waals surface area contributed by atoms with Crippen molar-refractivity contribution in [3.8, 4) is 0 Å². The summed E-state index contributed by atoms with van der Waals surface area (Å²) in [5.41, 5.74) is 0.133. The number of hydrogen-bond donors (Lipinski definition) is 0. The van der Waals surface area contributed by atoms with Gasteiger partial charge in [-0.1, -0.05) is 0 Å². The number of hydrogen-bond acceptors (Lipinski definition) is 4. The second-order valence-corrected chi connectivity index (χ2v) is 6.45. The standard InChI is InChI=1S/C16H26N4O2/c1-18-10-11-19(14-16(18)5-12-22-13-6-16)15(21)4-2-8-20-9-3-7-17-20/h3,7,9H,2,4-6,8,10-14H2,1H3. The van der Waals surface area contributed by atoms with Crippen LogP contribution in [-0.4, -0.2) is 70.9 Å². The van der Waals surface area contributed by atoms with Gasteiger partial charge in [-0.25, -0.2) is 0 Å². The number of rotatable bonds is 4. The average molecular weight is 306 g/mol. The van der Waals surface area contributed by atoms with Crippen molar-refractivity contribution in [2.75, 3.05) is 39.9 Å². The summed E-state index contributed by atoms with van der Waals surface area (Å²) in [4.78, 5) is 17.0. The van der Waals surface area contributed by atoms with Crippen molar-refractivity contribution < 1.29 is 9.53 Å². The van der Waals surface area contributed by atoms with Gasteiger partial charge in [0.2, 0.25) is 5.91 Å². The minimum absolute atomic E-state index is 0.133. The van der Waals surface area contributed by atoms with Crippen molar-refractivity contribution in [3.05, 3.63) is 18.5 Å². The van der Waals surface area contributed by atoms with Crippen LogP contribution >= 0.6 is 0 Å². The van der Waals surface area contributed by atoms with Crippen molar-refractivity contribution in [1.82, 2.24) is 19.6 Å². The third kappa shape index (κ3) is 3.33. The van der Waals surface area contributed by atoms with E-state index >= 15 is 0 Å². The predicted octanol–water partition coefficient (Wildman–Crippen LogP) is 0.986. The summed E-state index contributed by atoms with van der Waals surface area (Å²) in [5.74, 6) is 0.283. The zero-order valence-corrected chi connectivity index (χ0v) is 13.4. The van der Waals surface area contributed by atoms with E-state index in [1.54, 1.807) is 6.20 Å². The van der Waals surface area contributed by atoms with Crippen molar-refractivity contribution in [1.29, 1.82) is 0 Å². The largest absolute Gasteiger partial charge is 0.381 e. The van der Waals surface area contributed by atoms with Crippen LogP contribution in [-0.2, 0) is 16.1 Å². The zero-order valence-electron chi connectivity index (χ0n) is 13.4. The Kier molecular flexibility index (Phi) is 4.78. The molecule has 0 atom stereocenters. The van der Waals surface area contributed by atoms with Gasteiger partial charge in [0.15, 0.2) is 0 Å². The van der Waals surface area contributed by atoms with E-state index in [4.69, 9.17) is 4.74 Å². The van der Waals surface area contributed by atoms with Gasteiger partial charge < -0.3 is 9.64 Å². The molecule has 6 heteroatoms. The van der Waals surface area contributed by atoms with Gasteiger partial charge in [-0.2, -0.15) is 5.10 Å². The number of aromatic nitrogens is 2. The number of likely N-dealkylation sites (N-methyl/N-ethyl adjacent to an activating group) is 1. The molecule has 0 unspecified atom stereocenters. The van der Waals surface area contributed by atoms with E-state index < -0.39 is 0 Å². The fourth-order valence-corrected chi connectivity index (χ4v) is 3.55. The molecule has 3 heterocycles. The first kappa shape index (κ1) is 15.5. The normalized spacial score (nSPS) is 22.1. The summed E-state index contributed by atoms with van der Waals surface area (Å²) in [6.45, 7) is 5.10. The van der Waals surface area contributed by atoms with E-state index in [0.29, 0.717) is 6.42 Å². The van der Waals surface area contributed by atoms with Gasteiger partial charge in [0.05, 0.1) is 0 Å². The molecule has 2 saturated heterocycles. The SMILES string of the molecule is CN1CCN(C(=O)CCCn2cccn2)CC12CCOCC2. The monoisotopic (exact) mass is 306 g/mol. The molecule has 1 amide bonds. The molecule has 1 aromatic rings. The molecule has 2 fully saturated rings. The first-order valence-corrected chi connectivity index (χ1v) is 8.24. The van der Waals surface area contributed by atoms with Gasteiger partial charge in [0.25, 0.3) is 0 Å². The van der Waals surface area contributed by atoms with Gasteiger partial charge in [0, 0.05) is 63.7 Å². The third-order valence-electron chi connectivity index (χ3n) is 5.11. The Balaban J connectivity index is 1.51. The van der Waals surface area contributed by atoms with E-state index in [9.17, 15) is 4.79 Å². The van der Waals surface area contributed by atoms with Crippen LogP contribution in [0.25, 0.3) is 0 Å². The Morgan fingerprint density at radius 2 is 2.14 bits per heavy atom. The van der Waals surface area contributed by atoms with E-state index in [1.807, 2.05) is 16.9 Å². The van der Waals surface area contributed by atoms with Crippen LogP contribution in [0.2, 0.25) is 0 Å². The molecule has 0 bridgehead atoms. The molecular formula is C16H26N4O2. The van der Waals surface area contributed by atoms with Crippen molar-refractivity contribution in [3.63, 3.8) is 0 Å². The van der Waals surface area contributed by atoms with Gasteiger partial charge >= 0.3 is 0 Å². The molecule has 0 N–H and O–H groups in total. The molecule has 2 aliphatic rings. The van der Waals surface area contributed by atoms with E-state index in [2.05, 4.69) is 21.9 Å². The van der Waals surface area contributed by atoms with Crippen LogP contribution in [0.5, 0.6) is 0 Å². The Morgan fingerprint density at radius 1 is 1.32 bits per heavy atom. The topological polar surface area (TPSA) is 50.6 Å². The average Bonchev–Trinajstić information content (AvgIpc) is 3.04. The van der Waals surface area contributed by atoms with Crippen LogP contribution < -0.4 is 0 Å². The number of carbonyl (C=O) groups is 1. The molecule has 1 spiro atoms. The quantitative estimate of drug-likeness (QED) is 0.832. The number of nitrogens with zero attached hydrogens (tertiary/aromatic N) is 4.